The maximum Gasteiger partial charge on any atom is 0.218 e. The lowest BCUT2D eigenvalue weighted by molar-refractivity contribution is 0.298. The molecule has 0 aliphatic carbocycles. The van der Waals surface area contributed by atoms with E-state index in [0.717, 1.165) is 16.8 Å². The fourth-order valence-corrected chi connectivity index (χ4v) is 2.43. The van der Waals surface area contributed by atoms with Gasteiger partial charge in [0.15, 0.2) is 11.5 Å². The van der Waals surface area contributed by atoms with E-state index in [0.29, 0.717) is 5.56 Å². The van der Waals surface area contributed by atoms with Crippen molar-refractivity contribution in [1.82, 2.24) is 14.4 Å². The zero-order valence-electron chi connectivity index (χ0n) is 14.0. The molecular formula is C18H14F3N5O. The third kappa shape index (κ3) is 3.93. The Hall–Kier alpha value is -3.33. The van der Waals surface area contributed by atoms with Gasteiger partial charge in [-0.25, -0.2) is 28.7 Å². The summed E-state index contributed by atoms with van der Waals surface area (Å²) in [6.07, 6.45) is 3.10. The number of hydrogen-bond acceptors (Lipinski definition) is 4. The number of aromatic nitrogens is 3. The van der Waals surface area contributed by atoms with Crippen molar-refractivity contribution < 1.29 is 18.3 Å². The molecule has 0 aliphatic heterocycles. The molecule has 0 aliphatic rings. The highest BCUT2D eigenvalue weighted by Crippen LogP contribution is 2.18. The number of amidine groups is 1. The summed E-state index contributed by atoms with van der Waals surface area (Å²) in [4.78, 5) is 15.7. The van der Waals surface area contributed by atoms with Crippen molar-refractivity contribution in [1.29, 1.82) is 0 Å². The number of fused-ring (bicyclic) bond motifs is 1. The number of hydrogen-bond donors (Lipinski definition) is 1. The van der Waals surface area contributed by atoms with Crippen LogP contribution in [0.2, 0.25) is 0 Å². The number of benzene rings is 1. The molecule has 27 heavy (non-hydrogen) atoms. The van der Waals surface area contributed by atoms with Gasteiger partial charge in [-0.3, -0.25) is 4.40 Å². The minimum atomic E-state index is -0.891. The third-order valence-electron chi connectivity index (χ3n) is 3.69. The van der Waals surface area contributed by atoms with E-state index in [1.165, 1.54) is 12.3 Å². The Morgan fingerprint density at radius 1 is 1.30 bits per heavy atom. The molecule has 0 spiro atoms. The van der Waals surface area contributed by atoms with Gasteiger partial charge >= 0.3 is 0 Å². The molecule has 0 radical (unpaired) electrons. The van der Waals surface area contributed by atoms with Crippen LogP contribution in [-0.4, -0.2) is 38.6 Å². The van der Waals surface area contributed by atoms with Crippen LogP contribution in [0.4, 0.5) is 13.2 Å². The molecule has 1 N–H and O–H groups in total. The van der Waals surface area contributed by atoms with Crippen molar-refractivity contribution in [3.05, 3.63) is 77.4 Å². The smallest absolute Gasteiger partial charge is 0.218 e. The maximum absolute atomic E-state index is 14.1. The summed E-state index contributed by atoms with van der Waals surface area (Å²) in [5, 5.41) is 8.70. The van der Waals surface area contributed by atoms with Crippen molar-refractivity contribution in [2.45, 2.75) is 6.42 Å². The van der Waals surface area contributed by atoms with Crippen LogP contribution in [0.15, 0.2) is 58.7 Å². The van der Waals surface area contributed by atoms with Gasteiger partial charge in [-0.15, -0.1) is 0 Å². The van der Waals surface area contributed by atoms with Gasteiger partial charge in [0.25, 0.3) is 0 Å². The number of rotatable bonds is 5. The van der Waals surface area contributed by atoms with E-state index in [1.807, 2.05) is 0 Å². The first-order valence-corrected chi connectivity index (χ1v) is 7.79. The first-order chi connectivity index (χ1) is 13.0. The van der Waals surface area contributed by atoms with Crippen molar-refractivity contribution >= 4 is 18.2 Å². The molecule has 0 fully saturated rings. The number of halogens is 3. The first kappa shape index (κ1) is 18.5. The van der Waals surface area contributed by atoms with Crippen LogP contribution in [0.3, 0.4) is 0 Å². The van der Waals surface area contributed by atoms with Crippen LogP contribution < -0.4 is 0 Å². The van der Waals surface area contributed by atoms with Gasteiger partial charge < -0.3 is 5.11 Å². The van der Waals surface area contributed by atoms with Gasteiger partial charge in [-0.05, 0) is 18.3 Å². The number of aliphatic hydroxyl groups excluding tert-OH is 1. The van der Waals surface area contributed by atoms with Crippen molar-refractivity contribution in [3.63, 3.8) is 0 Å². The summed E-state index contributed by atoms with van der Waals surface area (Å²) in [5.74, 6) is -2.08. The zero-order chi connectivity index (χ0) is 19.4. The summed E-state index contributed by atoms with van der Waals surface area (Å²) in [7, 11) is 0. The predicted octanol–water partition coefficient (Wildman–Crippen LogP) is 2.85. The Morgan fingerprint density at radius 2 is 2.07 bits per heavy atom. The Bertz CT molecular complexity index is 1060. The maximum atomic E-state index is 14.1. The number of aliphatic imine (C=N–C) groups is 2. The summed E-state index contributed by atoms with van der Waals surface area (Å²) >= 11 is 0. The molecule has 0 saturated carbocycles. The lowest BCUT2D eigenvalue weighted by Gasteiger charge is -2.08. The largest absolute Gasteiger partial charge is 0.389 e. The molecule has 2 heterocycles. The third-order valence-corrected chi connectivity index (χ3v) is 3.69. The van der Waals surface area contributed by atoms with Crippen molar-refractivity contribution in [2.24, 2.45) is 9.98 Å². The lowest BCUT2D eigenvalue weighted by atomic mass is 10.1. The van der Waals surface area contributed by atoms with Crippen LogP contribution in [0.5, 0.6) is 0 Å². The standard InChI is InChI=1S/C18H14F3N5O/c1-22-17(23-7-12(19)10-27)15-9-26-16(21)8-24-18(26)14(25-15)6-11-4-2-3-5-13(11)20/h2-5,7-9,27H,1,6,10H2/b12-7+,23-17-. The second-order valence-electron chi connectivity index (χ2n) is 5.46. The molecule has 2 aromatic heterocycles. The molecule has 6 nitrogen and oxygen atoms in total. The number of aliphatic hydroxyl groups is 1. The highest BCUT2D eigenvalue weighted by atomic mass is 19.1. The van der Waals surface area contributed by atoms with Crippen molar-refractivity contribution in [2.75, 3.05) is 6.61 Å². The van der Waals surface area contributed by atoms with Crippen LogP contribution in [0.25, 0.3) is 5.65 Å². The Kier molecular flexibility index (Phi) is 5.41. The second kappa shape index (κ2) is 7.92. The number of imidazole rings is 1. The van der Waals surface area contributed by atoms with Gasteiger partial charge in [-0.1, -0.05) is 18.2 Å². The van der Waals surface area contributed by atoms with Gasteiger partial charge in [0.05, 0.1) is 24.7 Å². The molecule has 0 saturated heterocycles. The minimum Gasteiger partial charge on any atom is -0.389 e. The van der Waals surface area contributed by atoms with Crippen LogP contribution >= 0.6 is 0 Å². The molecule has 3 rings (SSSR count). The fourth-order valence-electron chi connectivity index (χ4n) is 2.43. The van der Waals surface area contributed by atoms with Crippen LogP contribution in [-0.2, 0) is 6.42 Å². The van der Waals surface area contributed by atoms with E-state index in [4.69, 9.17) is 5.11 Å². The molecular weight excluding hydrogens is 359 g/mol. The lowest BCUT2D eigenvalue weighted by Crippen LogP contribution is -2.09. The molecule has 1 aromatic carbocycles. The molecule has 3 aromatic rings. The zero-order valence-corrected chi connectivity index (χ0v) is 14.0. The predicted molar refractivity (Wildman–Crippen MR) is 94.5 cm³/mol. The SMILES string of the molecule is C=N/C(=N\C=C(\F)CO)c1cn2c(F)cnc2c(Cc2ccccc2F)n1. The second-order valence-corrected chi connectivity index (χ2v) is 5.46. The molecule has 9 heteroatoms. The van der Waals surface area contributed by atoms with E-state index in [-0.39, 0.29) is 29.3 Å². The fraction of sp³-hybridized carbons (Fsp3) is 0.111. The monoisotopic (exact) mass is 373 g/mol. The Balaban J connectivity index is 2.14. The van der Waals surface area contributed by atoms with Gasteiger partial charge in [0.1, 0.15) is 17.3 Å². The van der Waals surface area contributed by atoms with Crippen molar-refractivity contribution in [3.8, 4) is 0 Å². The van der Waals surface area contributed by atoms with E-state index in [9.17, 15) is 13.2 Å². The van der Waals surface area contributed by atoms with Crippen LogP contribution in [0.1, 0.15) is 17.0 Å². The molecule has 0 amide bonds. The summed E-state index contributed by atoms with van der Waals surface area (Å²) < 4.78 is 42.3. The number of nitrogens with zero attached hydrogens (tertiary/aromatic N) is 5. The van der Waals surface area contributed by atoms with Gasteiger partial charge in [0.2, 0.25) is 5.95 Å². The molecule has 0 unspecified atom stereocenters. The normalized spacial score (nSPS) is 12.6. The summed E-state index contributed by atoms with van der Waals surface area (Å²) in [5.41, 5.74) is 0.927. The van der Waals surface area contributed by atoms with Gasteiger partial charge in [0, 0.05) is 12.6 Å². The van der Waals surface area contributed by atoms with Crippen LogP contribution in [0, 0.1) is 11.8 Å². The average molecular weight is 373 g/mol. The highest BCUT2D eigenvalue weighted by molar-refractivity contribution is 6.00. The average Bonchev–Trinajstić information content (AvgIpc) is 3.05. The molecule has 0 atom stereocenters. The minimum absolute atomic E-state index is 0.0474. The van der Waals surface area contributed by atoms with E-state index in [1.54, 1.807) is 18.2 Å². The van der Waals surface area contributed by atoms with Gasteiger partial charge in [-0.2, -0.15) is 4.39 Å². The Morgan fingerprint density at radius 3 is 2.78 bits per heavy atom. The highest BCUT2D eigenvalue weighted by Gasteiger charge is 2.15. The topological polar surface area (TPSA) is 75.1 Å². The molecule has 138 valence electrons. The Labute approximate surface area is 152 Å². The molecule has 0 bridgehead atoms. The van der Waals surface area contributed by atoms with E-state index >= 15 is 0 Å². The first-order valence-electron chi connectivity index (χ1n) is 7.79. The van der Waals surface area contributed by atoms with E-state index in [2.05, 4.69) is 26.7 Å². The quantitative estimate of drug-likeness (QED) is 0.552. The van der Waals surface area contributed by atoms with E-state index < -0.39 is 24.2 Å². The summed E-state index contributed by atoms with van der Waals surface area (Å²) in [6, 6.07) is 6.12. The summed E-state index contributed by atoms with van der Waals surface area (Å²) in [6.45, 7) is 2.52.